The molecule has 2 N–H and O–H groups in total. The first-order valence-corrected chi connectivity index (χ1v) is 11.6. The zero-order valence-corrected chi connectivity index (χ0v) is 18.8. The second kappa shape index (κ2) is 9.18. The number of hydrogen-bond acceptors (Lipinski definition) is 5. The molecule has 1 unspecified atom stereocenters. The standard InChI is InChI=1S/C23H31N5OS/c1-16(2)12-18(13-17-14-24-20-7-5-4-6-19(17)20)26-22(29)21-15-25-23(30-21)28-10-8-27(3)9-11-28/h4-7,14-16,18,24H,8-13H2,1-3H3,(H,26,29). The van der Waals surface area contributed by atoms with Crippen molar-refractivity contribution in [1.82, 2.24) is 20.2 Å². The van der Waals surface area contributed by atoms with Crippen LogP contribution in [0.15, 0.2) is 36.7 Å². The second-order valence-electron chi connectivity index (χ2n) is 8.66. The van der Waals surface area contributed by atoms with E-state index in [0.29, 0.717) is 10.8 Å². The maximum absolute atomic E-state index is 13.0. The van der Waals surface area contributed by atoms with Gasteiger partial charge in [-0.1, -0.05) is 43.4 Å². The number of nitrogens with one attached hydrogen (secondary N) is 2. The van der Waals surface area contributed by atoms with E-state index in [1.165, 1.54) is 22.3 Å². The van der Waals surface area contributed by atoms with E-state index in [9.17, 15) is 4.79 Å². The van der Waals surface area contributed by atoms with Crippen LogP contribution in [0.2, 0.25) is 0 Å². The molecule has 1 aromatic carbocycles. The summed E-state index contributed by atoms with van der Waals surface area (Å²) >= 11 is 1.50. The van der Waals surface area contributed by atoms with Crippen molar-refractivity contribution in [2.24, 2.45) is 5.92 Å². The molecule has 1 atom stereocenters. The number of aromatic nitrogens is 2. The van der Waals surface area contributed by atoms with Crippen molar-refractivity contribution in [2.75, 3.05) is 38.1 Å². The molecule has 3 aromatic rings. The molecule has 4 rings (SSSR count). The van der Waals surface area contributed by atoms with Gasteiger partial charge in [0.25, 0.3) is 5.91 Å². The van der Waals surface area contributed by atoms with Gasteiger partial charge >= 0.3 is 0 Å². The minimum atomic E-state index is -0.0154. The molecule has 1 amide bonds. The maximum Gasteiger partial charge on any atom is 0.263 e. The quantitative estimate of drug-likeness (QED) is 0.605. The molecule has 0 spiro atoms. The highest BCUT2D eigenvalue weighted by Gasteiger charge is 2.22. The molecule has 2 aromatic heterocycles. The van der Waals surface area contributed by atoms with Gasteiger partial charge in [0.05, 0.1) is 6.20 Å². The zero-order valence-electron chi connectivity index (χ0n) is 18.0. The Bertz CT molecular complexity index is 986. The Morgan fingerprint density at radius 2 is 2.00 bits per heavy atom. The lowest BCUT2D eigenvalue weighted by molar-refractivity contribution is 0.0936. The summed E-state index contributed by atoms with van der Waals surface area (Å²) in [4.78, 5) is 26.2. The monoisotopic (exact) mass is 425 g/mol. The summed E-state index contributed by atoms with van der Waals surface area (Å²) in [5, 5.41) is 5.46. The van der Waals surface area contributed by atoms with Gasteiger partial charge in [0, 0.05) is 49.3 Å². The van der Waals surface area contributed by atoms with Gasteiger partial charge in [0.2, 0.25) is 0 Å². The fraction of sp³-hybridized carbons (Fsp3) is 0.478. The number of benzene rings is 1. The number of rotatable bonds is 7. The van der Waals surface area contributed by atoms with Crippen LogP contribution in [0.5, 0.6) is 0 Å². The SMILES string of the molecule is CC(C)CC(Cc1c[nH]c2ccccc12)NC(=O)c1cnc(N2CCN(C)CC2)s1. The summed E-state index contributed by atoms with van der Waals surface area (Å²) in [6.07, 6.45) is 5.56. The average molecular weight is 426 g/mol. The molecular weight excluding hydrogens is 394 g/mol. The molecule has 1 aliphatic rings. The van der Waals surface area contributed by atoms with Gasteiger partial charge in [-0.15, -0.1) is 0 Å². The van der Waals surface area contributed by atoms with Gasteiger partial charge < -0.3 is 20.1 Å². The molecule has 0 saturated carbocycles. The Morgan fingerprint density at radius 1 is 1.23 bits per heavy atom. The maximum atomic E-state index is 13.0. The number of fused-ring (bicyclic) bond motifs is 1. The van der Waals surface area contributed by atoms with Crippen molar-refractivity contribution < 1.29 is 4.79 Å². The number of likely N-dealkylation sites (N-methyl/N-ethyl adjacent to an activating group) is 1. The van der Waals surface area contributed by atoms with Crippen molar-refractivity contribution in [3.05, 3.63) is 47.1 Å². The zero-order chi connectivity index (χ0) is 21.1. The lowest BCUT2D eigenvalue weighted by atomic mass is 9.97. The number of nitrogens with zero attached hydrogens (tertiary/aromatic N) is 3. The van der Waals surface area contributed by atoms with Gasteiger partial charge in [-0.2, -0.15) is 0 Å². The van der Waals surface area contributed by atoms with Crippen LogP contribution in [0.1, 0.15) is 35.5 Å². The van der Waals surface area contributed by atoms with Crippen LogP contribution in [0.25, 0.3) is 10.9 Å². The first-order valence-electron chi connectivity index (χ1n) is 10.7. The molecule has 1 aliphatic heterocycles. The molecule has 30 heavy (non-hydrogen) atoms. The second-order valence-corrected chi connectivity index (χ2v) is 9.67. The van der Waals surface area contributed by atoms with Gasteiger partial charge in [-0.05, 0) is 37.4 Å². The van der Waals surface area contributed by atoms with Gasteiger partial charge in [0.1, 0.15) is 4.88 Å². The van der Waals surface area contributed by atoms with Crippen LogP contribution in [-0.4, -0.2) is 60.0 Å². The lowest BCUT2D eigenvalue weighted by Crippen LogP contribution is -2.44. The molecule has 0 bridgehead atoms. The van der Waals surface area contributed by atoms with Crippen molar-refractivity contribution in [3.8, 4) is 0 Å². The highest BCUT2D eigenvalue weighted by Crippen LogP contribution is 2.25. The average Bonchev–Trinajstić information content (AvgIpc) is 3.36. The fourth-order valence-corrected chi connectivity index (χ4v) is 4.97. The number of anilines is 1. The molecule has 0 radical (unpaired) electrons. The lowest BCUT2D eigenvalue weighted by Gasteiger charge is -2.32. The Morgan fingerprint density at radius 3 is 2.77 bits per heavy atom. The number of aromatic amines is 1. The minimum Gasteiger partial charge on any atom is -0.361 e. The van der Waals surface area contributed by atoms with Crippen LogP contribution < -0.4 is 10.2 Å². The van der Waals surface area contributed by atoms with E-state index in [0.717, 1.165) is 49.7 Å². The normalized spacial score (nSPS) is 16.3. The number of hydrogen-bond donors (Lipinski definition) is 2. The predicted octanol–water partition coefficient (Wildman–Crippen LogP) is 3.76. The molecule has 0 aliphatic carbocycles. The summed E-state index contributed by atoms with van der Waals surface area (Å²) in [6, 6.07) is 8.42. The largest absolute Gasteiger partial charge is 0.361 e. The molecule has 3 heterocycles. The van der Waals surface area contributed by atoms with E-state index >= 15 is 0 Å². The van der Waals surface area contributed by atoms with Crippen molar-refractivity contribution in [3.63, 3.8) is 0 Å². The first-order chi connectivity index (χ1) is 14.5. The van der Waals surface area contributed by atoms with Crippen LogP contribution >= 0.6 is 11.3 Å². The Hall–Kier alpha value is -2.38. The Balaban J connectivity index is 1.44. The molecular formula is C23H31N5OS. The third kappa shape index (κ3) is 4.84. The van der Waals surface area contributed by atoms with Gasteiger partial charge in [-0.3, -0.25) is 4.79 Å². The number of H-pyrrole nitrogens is 1. The summed E-state index contributed by atoms with van der Waals surface area (Å²) < 4.78 is 0. The molecule has 1 saturated heterocycles. The van der Waals surface area contributed by atoms with Crippen LogP contribution in [0.4, 0.5) is 5.13 Å². The van der Waals surface area contributed by atoms with Crippen molar-refractivity contribution >= 4 is 33.3 Å². The third-order valence-electron chi connectivity index (χ3n) is 5.72. The number of piperazine rings is 1. The minimum absolute atomic E-state index is 0.0154. The number of carbonyl (C=O) groups excluding carboxylic acids is 1. The predicted molar refractivity (Wildman–Crippen MR) is 125 cm³/mol. The van der Waals surface area contributed by atoms with E-state index in [4.69, 9.17) is 0 Å². The summed E-state index contributed by atoms with van der Waals surface area (Å²) in [5.74, 6) is 0.487. The van der Waals surface area contributed by atoms with Crippen LogP contribution in [0, 0.1) is 5.92 Å². The molecule has 6 nitrogen and oxygen atoms in total. The van der Waals surface area contributed by atoms with Gasteiger partial charge in [0.15, 0.2) is 5.13 Å². The number of thiazole rings is 1. The summed E-state index contributed by atoms with van der Waals surface area (Å²) in [6.45, 7) is 8.38. The van der Waals surface area contributed by atoms with Gasteiger partial charge in [-0.25, -0.2) is 4.98 Å². The number of amides is 1. The third-order valence-corrected chi connectivity index (χ3v) is 6.78. The van der Waals surface area contributed by atoms with E-state index < -0.39 is 0 Å². The van der Waals surface area contributed by atoms with E-state index in [2.05, 4.69) is 70.4 Å². The first kappa shape index (κ1) is 20.9. The Kier molecular flexibility index (Phi) is 6.39. The fourth-order valence-electron chi connectivity index (χ4n) is 4.10. The topological polar surface area (TPSA) is 64.3 Å². The van der Waals surface area contributed by atoms with Crippen molar-refractivity contribution in [2.45, 2.75) is 32.7 Å². The summed E-state index contributed by atoms with van der Waals surface area (Å²) in [7, 11) is 2.14. The van der Waals surface area contributed by atoms with E-state index in [-0.39, 0.29) is 11.9 Å². The highest BCUT2D eigenvalue weighted by molar-refractivity contribution is 7.17. The number of para-hydroxylation sites is 1. The number of carbonyl (C=O) groups is 1. The highest BCUT2D eigenvalue weighted by atomic mass is 32.1. The smallest absolute Gasteiger partial charge is 0.263 e. The van der Waals surface area contributed by atoms with Crippen molar-refractivity contribution in [1.29, 1.82) is 0 Å². The molecule has 160 valence electrons. The molecule has 1 fully saturated rings. The van der Waals surface area contributed by atoms with Crippen LogP contribution in [-0.2, 0) is 6.42 Å². The molecule has 7 heteroatoms. The van der Waals surface area contributed by atoms with E-state index in [1.54, 1.807) is 6.20 Å². The van der Waals surface area contributed by atoms with E-state index in [1.807, 2.05) is 6.07 Å². The Labute approximate surface area is 182 Å². The summed E-state index contributed by atoms with van der Waals surface area (Å²) in [5.41, 5.74) is 2.39. The van der Waals surface area contributed by atoms with Crippen LogP contribution in [0.3, 0.4) is 0 Å².